The van der Waals surface area contributed by atoms with Crippen molar-refractivity contribution in [3.8, 4) is 6.07 Å². The lowest BCUT2D eigenvalue weighted by Crippen LogP contribution is -1.80. The van der Waals surface area contributed by atoms with Gasteiger partial charge in [0, 0.05) is 9.79 Å². The van der Waals surface area contributed by atoms with Crippen LogP contribution in [0.25, 0.3) is 0 Å². The zero-order valence-corrected chi connectivity index (χ0v) is 9.17. The van der Waals surface area contributed by atoms with Crippen LogP contribution in [0.1, 0.15) is 5.56 Å². The highest BCUT2D eigenvalue weighted by Crippen LogP contribution is 2.29. The van der Waals surface area contributed by atoms with E-state index in [0.29, 0.717) is 5.56 Å². The van der Waals surface area contributed by atoms with E-state index in [4.69, 9.17) is 5.26 Å². The maximum atomic E-state index is 12.7. The van der Waals surface area contributed by atoms with Crippen molar-refractivity contribution < 1.29 is 4.39 Å². The first-order chi connectivity index (χ1) is 7.79. The minimum Gasteiger partial charge on any atom is -0.207 e. The summed E-state index contributed by atoms with van der Waals surface area (Å²) in [5.41, 5.74) is 0.636. The highest BCUT2D eigenvalue weighted by atomic mass is 32.2. The van der Waals surface area contributed by atoms with E-state index in [1.54, 1.807) is 18.2 Å². The van der Waals surface area contributed by atoms with Crippen LogP contribution in [0.15, 0.2) is 58.3 Å². The predicted molar refractivity (Wildman–Crippen MR) is 61.7 cm³/mol. The summed E-state index contributed by atoms with van der Waals surface area (Å²) in [6.07, 6.45) is 0. The number of hydrogen-bond donors (Lipinski definition) is 0. The summed E-state index contributed by atoms with van der Waals surface area (Å²) in [7, 11) is 0. The average Bonchev–Trinajstić information content (AvgIpc) is 2.33. The van der Waals surface area contributed by atoms with Gasteiger partial charge in [-0.25, -0.2) is 4.39 Å². The number of benzene rings is 2. The average molecular weight is 229 g/mol. The van der Waals surface area contributed by atoms with Gasteiger partial charge in [-0.05, 0) is 36.4 Å². The quantitative estimate of drug-likeness (QED) is 0.781. The summed E-state index contributed by atoms with van der Waals surface area (Å²) >= 11 is 1.46. The third-order valence-electron chi connectivity index (χ3n) is 2.05. The molecule has 0 aliphatic heterocycles. The standard InChI is InChI=1S/C13H8FNS/c14-11-5-7-12(8-6-11)16-13-4-2-1-3-10(13)9-15/h1-8H. The van der Waals surface area contributed by atoms with Crippen molar-refractivity contribution in [3.05, 3.63) is 59.9 Å². The Morgan fingerprint density at radius 1 is 1.00 bits per heavy atom. The molecule has 16 heavy (non-hydrogen) atoms. The summed E-state index contributed by atoms with van der Waals surface area (Å²) in [5, 5.41) is 8.92. The topological polar surface area (TPSA) is 23.8 Å². The number of hydrogen-bond acceptors (Lipinski definition) is 2. The molecular formula is C13H8FNS. The Labute approximate surface area is 97.5 Å². The van der Waals surface area contributed by atoms with Gasteiger partial charge in [0.25, 0.3) is 0 Å². The number of nitriles is 1. The molecule has 0 aliphatic rings. The van der Waals surface area contributed by atoms with E-state index in [1.807, 2.05) is 18.2 Å². The van der Waals surface area contributed by atoms with Crippen molar-refractivity contribution in [2.24, 2.45) is 0 Å². The molecule has 0 amide bonds. The van der Waals surface area contributed by atoms with E-state index < -0.39 is 0 Å². The fourth-order valence-electron chi connectivity index (χ4n) is 1.28. The monoisotopic (exact) mass is 229 g/mol. The third kappa shape index (κ3) is 2.41. The van der Waals surface area contributed by atoms with E-state index in [0.717, 1.165) is 9.79 Å². The molecule has 0 fully saturated rings. The van der Waals surface area contributed by atoms with Gasteiger partial charge in [0.15, 0.2) is 0 Å². The molecule has 0 bridgehead atoms. The van der Waals surface area contributed by atoms with Crippen molar-refractivity contribution >= 4 is 11.8 Å². The molecule has 2 rings (SSSR count). The van der Waals surface area contributed by atoms with Crippen molar-refractivity contribution in [3.63, 3.8) is 0 Å². The van der Waals surface area contributed by atoms with E-state index in [-0.39, 0.29) is 5.82 Å². The van der Waals surface area contributed by atoms with Crippen molar-refractivity contribution in [1.29, 1.82) is 5.26 Å². The van der Waals surface area contributed by atoms with Crippen LogP contribution >= 0.6 is 11.8 Å². The number of rotatable bonds is 2. The van der Waals surface area contributed by atoms with E-state index in [9.17, 15) is 4.39 Å². The first kappa shape index (κ1) is 10.7. The molecule has 0 N–H and O–H groups in total. The van der Waals surface area contributed by atoms with Crippen LogP contribution < -0.4 is 0 Å². The smallest absolute Gasteiger partial charge is 0.123 e. The van der Waals surface area contributed by atoms with Crippen LogP contribution in [0.2, 0.25) is 0 Å². The normalized spacial score (nSPS) is 9.75. The summed E-state index contributed by atoms with van der Waals surface area (Å²) in [6.45, 7) is 0. The van der Waals surface area contributed by atoms with Gasteiger partial charge in [0.2, 0.25) is 0 Å². The second-order valence-electron chi connectivity index (χ2n) is 3.16. The Balaban J connectivity index is 2.27. The minimum absolute atomic E-state index is 0.252. The summed E-state index contributed by atoms with van der Waals surface area (Å²) in [5.74, 6) is -0.252. The highest BCUT2D eigenvalue weighted by Gasteiger charge is 2.02. The van der Waals surface area contributed by atoms with Gasteiger partial charge in [-0.1, -0.05) is 23.9 Å². The highest BCUT2D eigenvalue weighted by molar-refractivity contribution is 7.99. The maximum absolute atomic E-state index is 12.7. The predicted octanol–water partition coefficient (Wildman–Crippen LogP) is 3.85. The SMILES string of the molecule is N#Cc1ccccc1Sc1ccc(F)cc1. The van der Waals surface area contributed by atoms with Gasteiger partial charge in [-0.15, -0.1) is 0 Å². The molecule has 0 spiro atoms. The number of halogens is 1. The number of nitrogens with zero attached hydrogens (tertiary/aromatic N) is 1. The van der Waals surface area contributed by atoms with E-state index in [2.05, 4.69) is 6.07 Å². The zero-order chi connectivity index (χ0) is 11.4. The van der Waals surface area contributed by atoms with Gasteiger partial charge in [-0.3, -0.25) is 0 Å². The molecule has 0 unspecified atom stereocenters. The van der Waals surface area contributed by atoms with E-state index in [1.165, 1.54) is 23.9 Å². The largest absolute Gasteiger partial charge is 0.207 e. The minimum atomic E-state index is -0.252. The molecule has 2 aromatic rings. The Kier molecular flexibility index (Phi) is 3.23. The molecular weight excluding hydrogens is 221 g/mol. The molecule has 78 valence electrons. The molecule has 0 heterocycles. The molecule has 0 radical (unpaired) electrons. The fraction of sp³-hybridized carbons (Fsp3) is 0. The van der Waals surface area contributed by atoms with Crippen LogP contribution in [0.3, 0.4) is 0 Å². The van der Waals surface area contributed by atoms with E-state index >= 15 is 0 Å². The first-order valence-corrected chi connectivity index (χ1v) is 5.54. The molecule has 0 aromatic heterocycles. The molecule has 0 aliphatic carbocycles. The van der Waals surface area contributed by atoms with Crippen LogP contribution in [0.4, 0.5) is 4.39 Å². The molecule has 0 saturated carbocycles. The Bertz CT molecular complexity index is 528. The lowest BCUT2D eigenvalue weighted by atomic mass is 10.2. The summed E-state index contributed by atoms with van der Waals surface area (Å²) < 4.78 is 12.7. The molecule has 0 atom stereocenters. The molecule has 1 nitrogen and oxygen atoms in total. The second-order valence-corrected chi connectivity index (χ2v) is 4.28. The Hall–Kier alpha value is -1.79. The van der Waals surface area contributed by atoms with Gasteiger partial charge in [-0.2, -0.15) is 5.26 Å². The van der Waals surface area contributed by atoms with Crippen LogP contribution in [0.5, 0.6) is 0 Å². The van der Waals surface area contributed by atoms with Gasteiger partial charge in [0.05, 0.1) is 5.56 Å². The molecule has 0 saturated heterocycles. The lowest BCUT2D eigenvalue weighted by Gasteiger charge is -2.02. The Morgan fingerprint density at radius 2 is 1.69 bits per heavy atom. The van der Waals surface area contributed by atoms with Crippen molar-refractivity contribution in [2.75, 3.05) is 0 Å². The van der Waals surface area contributed by atoms with Crippen LogP contribution in [0, 0.1) is 17.1 Å². The first-order valence-electron chi connectivity index (χ1n) is 4.72. The van der Waals surface area contributed by atoms with Crippen molar-refractivity contribution in [2.45, 2.75) is 9.79 Å². The Morgan fingerprint density at radius 3 is 2.38 bits per heavy atom. The second kappa shape index (κ2) is 4.82. The van der Waals surface area contributed by atoms with Crippen LogP contribution in [-0.4, -0.2) is 0 Å². The van der Waals surface area contributed by atoms with Gasteiger partial charge >= 0.3 is 0 Å². The lowest BCUT2D eigenvalue weighted by molar-refractivity contribution is 0.626. The fourth-order valence-corrected chi connectivity index (χ4v) is 2.17. The zero-order valence-electron chi connectivity index (χ0n) is 8.35. The molecule has 2 aromatic carbocycles. The van der Waals surface area contributed by atoms with Gasteiger partial charge in [0.1, 0.15) is 11.9 Å². The van der Waals surface area contributed by atoms with Gasteiger partial charge < -0.3 is 0 Å². The maximum Gasteiger partial charge on any atom is 0.123 e. The summed E-state index contributed by atoms with van der Waals surface area (Å²) in [6, 6.07) is 15.7. The van der Waals surface area contributed by atoms with Crippen LogP contribution in [-0.2, 0) is 0 Å². The molecule has 3 heteroatoms. The van der Waals surface area contributed by atoms with Crippen molar-refractivity contribution in [1.82, 2.24) is 0 Å². The third-order valence-corrected chi connectivity index (χ3v) is 3.13. The summed E-state index contributed by atoms with van der Waals surface area (Å²) in [4.78, 5) is 1.81.